The van der Waals surface area contributed by atoms with Gasteiger partial charge in [-0.15, -0.1) is 5.10 Å². The first-order valence-corrected chi connectivity index (χ1v) is 10.8. The smallest absolute Gasteiger partial charge is 0.277 e. The molecule has 1 aromatic heterocycles. The van der Waals surface area contributed by atoms with Gasteiger partial charge in [-0.25, -0.2) is 4.68 Å². The largest absolute Gasteiger partial charge is 0.479 e. The Labute approximate surface area is 177 Å². The van der Waals surface area contributed by atoms with Gasteiger partial charge in [0.25, 0.3) is 5.91 Å². The molecule has 2 aromatic rings. The number of ether oxygens (including phenoxy) is 2. The van der Waals surface area contributed by atoms with Crippen molar-refractivity contribution in [2.45, 2.75) is 32.2 Å². The summed E-state index contributed by atoms with van der Waals surface area (Å²) in [5.41, 5.74) is 1.35. The Balaban J connectivity index is 1.43. The van der Waals surface area contributed by atoms with E-state index < -0.39 is 0 Å². The van der Waals surface area contributed by atoms with Gasteiger partial charge >= 0.3 is 0 Å². The Morgan fingerprint density at radius 1 is 1.20 bits per heavy atom. The summed E-state index contributed by atoms with van der Waals surface area (Å²) in [7, 11) is 1.55. The van der Waals surface area contributed by atoms with E-state index in [-0.39, 0.29) is 17.0 Å². The number of benzene rings is 1. The van der Waals surface area contributed by atoms with Gasteiger partial charge in [0.15, 0.2) is 0 Å². The van der Waals surface area contributed by atoms with Crippen molar-refractivity contribution < 1.29 is 14.3 Å². The maximum Gasteiger partial charge on any atom is 0.277 e. The van der Waals surface area contributed by atoms with E-state index in [4.69, 9.17) is 9.47 Å². The zero-order chi connectivity index (χ0) is 20.8. The lowest BCUT2D eigenvalue weighted by atomic mass is 9.79. The summed E-state index contributed by atoms with van der Waals surface area (Å²) < 4.78 is 12.7. The molecule has 3 heterocycles. The van der Waals surface area contributed by atoms with Gasteiger partial charge < -0.3 is 19.7 Å². The van der Waals surface area contributed by atoms with Crippen LogP contribution >= 0.6 is 0 Å². The minimum absolute atomic E-state index is 0.0471. The highest BCUT2D eigenvalue weighted by atomic mass is 16.5. The molecule has 2 aliphatic heterocycles. The summed E-state index contributed by atoms with van der Waals surface area (Å²) in [6.45, 7) is 5.92. The van der Waals surface area contributed by atoms with Crippen LogP contribution in [0.25, 0.3) is 0 Å². The van der Waals surface area contributed by atoms with Crippen molar-refractivity contribution in [1.29, 1.82) is 0 Å². The number of nitrogens with zero attached hydrogens (tertiary/aromatic N) is 4. The molecule has 1 amide bonds. The van der Waals surface area contributed by atoms with Crippen molar-refractivity contribution in [1.82, 2.24) is 25.2 Å². The zero-order valence-corrected chi connectivity index (χ0v) is 17.7. The monoisotopic (exact) mass is 413 g/mol. The molecular formula is C22H31N5O3. The second-order valence-corrected chi connectivity index (χ2v) is 8.37. The Bertz CT molecular complexity index is 827. The maximum absolute atomic E-state index is 13.0. The molecule has 1 N–H and O–H groups in total. The molecule has 1 aromatic carbocycles. The van der Waals surface area contributed by atoms with Gasteiger partial charge in [0.1, 0.15) is 0 Å². The molecular weight excluding hydrogens is 382 g/mol. The number of hydrogen-bond donors (Lipinski definition) is 1. The molecule has 0 radical (unpaired) electrons. The van der Waals surface area contributed by atoms with Gasteiger partial charge in [-0.05, 0) is 44.3 Å². The van der Waals surface area contributed by atoms with E-state index >= 15 is 0 Å². The Morgan fingerprint density at radius 2 is 1.93 bits per heavy atom. The first-order chi connectivity index (χ1) is 14.7. The van der Waals surface area contributed by atoms with Crippen LogP contribution in [0.1, 0.15) is 41.7 Å². The Kier molecular flexibility index (Phi) is 6.64. The molecule has 2 saturated heterocycles. The molecule has 0 bridgehead atoms. The number of nitrogens with one attached hydrogen (secondary N) is 1. The second-order valence-electron chi connectivity index (χ2n) is 8.37. The third-order valence-corrected chi connectivity index (χ3v) is 6.21. The highest BCUT2D eigenvalue weighted by molar-refractivity contribution is 5.94. The van der Waals surface area contributed by atoms with Gasteiger partial charge in [0, 0.05) is 31.7 Å². The van der Waals surface area contributed by atoms with Crippen molar-refractivity contribution >= 4 is 5.91 Å². The van der Waals surface area contributed by atoms with Crippen LogP contribution < -0.4 is 10.1 Å². The molecule has 4 rings (SSSR count). The predicted molar refractivity (Wildman–Crippen MR) is 113 cm³/mol. The molecule has 2 fully saturated rings. The van der Waals surface area contributed by atoms with E-state index in [1.807, 2.05) is 30.3 Å². The van der Waals surface area contributed by atoms with Crippen LogP contribution in [-0.2, 0) is 11.3 Å². The van der Waals surface area contributed by atoms with Gasteiger partial charge in [0.05, 0.1) is 13.7 Å². The first kappa shape index (κ1) is 20.8. The number of carbonyl (C=O) groups excluding carboxylic acids is 1. The van der Waals surface area contributed by atoms with Crippen LogP contribution in [0.4, 0.5) is 0 Å². The van der Waals surface area contributed by atoms with E-state index in [1.165, 1.54) is 12.8 Å². The average molecular weight is 414 g/mol. The molecule has 0 unspecified atom stereocenters. The van der Waals surface area contributed by atoms with E-state index in [0.29, 0.717) is 19.0 Å². The third kappa shape index (κ3) is 4.82. The zero-order valence-electron chi connectivity index (χ0n) is 17.7. The SMILES string of the molecule is COc1c(C(=O)NCC2(CN3CCCC3)CCOCC2)nnn1Cc1ccccc1. The van der Waals surface area contributed by atoms with Crippen molar-refractivity contribution in [2.75, 3.05) is 46.5 Å². The molecule has 2 aliphatic rings. The summed E-state index contributed by atoms with van der Waals surface area (Å²) in [5, 5.41) is 11.4. The number of carbonyl (C=O) groups is 1. The van der Waals surface area contributed by atoms with Gasteiger partial charge in [-0.3, -0.25) is 4.79 Å². The maximum atomic E-state index is 13.0. The standard InChI is InChI=1S/C22H31N5O3/c1-29-21-19(24-25-27(21)15-18-7-3-2-4-8-18)20(28)23-16-22(9-13-30-14-10-22)17-26-11-5-6-12-26/h2-4,7-8H,5-6,9-17H2,1H3,(H,23,28). The molecule has 30 heavy (non-hydrogen) atoms. The van der Waals surface area contributed by atoms with Crippen molar-refractivity contribution in [3.05, 3.63) is 41.6 Å². The van der Waals surface area contributed by atoms with Crippen LogP contribution in [0.3, 0.4) is 0 Å². The van der Waals surface area contributed by atoms with E-state index in [9.17, 15) is 4.79 Å². The topological polar surface area (TPSA) is 81.5 Å². The average Bonchev–Trinajstić information content (AvgIpc) is 3.43. The van der Waals surface area contributed by atoms with Crippen LogP contribution in [0.5, 0.6) is 5.88 Å². The molecule has 8 nitrogen and oxygen atoms in total. The Morgan fingerprint density at radius 3 is 2.63 bits per heavy atom. The number of hydrogen-bond acceptors (Lipinski definition) is 6. The normalized spacial score (nSPS) is 19.0. The summed E-state index contributed by atoms with van der Waals surface area (Å²) >= 11 is 0. The second kappa shape index (κ2) is 9.57. The van der Waals surface area contributed by atoms with Crippen molar-refractivity contribution in [3.63, 3.8) is 0 Å². The lowest BCUT2D eigenvalue weighted by Crippen LogP contribution is -2.48. The fraction of sp³-hybridized carbons (Fsp3) is 0.591. The van der Waals surface area contributed by atoms with E-state index in [1.54, 1.807) is 11.8 Å². The number of aromatic nitrogens is 3. The molecule has 0 saturated carbocycles. The number of rotatable bonds is 8. The van der Waals surface area contributed by atoms with Gasteiger partial charge in [-0.2, -0.15) is 0 Å². The summed E-state index contributed by atoms with van der Waals surface area (Å²) in [5.74, 6) is 0.148. The summed E-state index contributed by atoms with van der Waals surface area (Å²) in [4.78, 5) is 15.5. The highest BCUT2D eigenvalue weighted by Crippen LogP contribution is 2.32. The minimum Gasteiger partial charge on any atom is -0.479 e. The predicted octanol–water partition coefficient (Wildman–Crippen LogP) is 1.96. The summed E-state index contributed by atoms with van der Waals surface area (Å²) in [6, 6.07) is 9.93. The molecule has 0 aliphatic carbocycles. The number of methoxy groups -OCH3 is 1. The van der Waals surface area contributed by atoms with E-state index in [2.05, 4.69) is 20.5 Å². The molecule has 162 valence electrons. The van der Waals surface area contributed by atoms with Crippen LogP contribution in [0, 0.1) is 5.41 Å². The molecule has 0 spiro atoms. The highest BCUT2D eigenvalue weighted by Gasteiger charge is 2.36. The van der Waals surface area contributed by atoms with Crippen LogP contribution in [0.2, 0.25) is 0 Å². The van der Waals surface area contributed by atoms with Crippen molar-refractivity contribution in [3.8, 4) is 5.88 Å². The van der Waals surface area contributed by atoms with Crippen LogP contribution in [0.15, 0.2) is 30.3 Å². The van der Waals surface area contributed by atoms with E-state index in [0.717, 1.165) is 51.3 Å². The van der Waals surface area contributed by atoms with Gasteiger partial charge in [-0.1, -0.05) is 35.5 Å². The van der Waals surface area contributed by atoms with Gasteiger partial charge in [0.2, 0.25) is 11.6 Å². The number of amides is 1. The fourth-order valence-electron chi connectivity index (χ4n) is 4.47. The summed E-state index contributed by atoms with van der Waals surface area (Å²) in [6.07, 6.45) is 4.45. The fourth-order valence-corrected chi connectivity index (χ4v) is 4.47. The van der Waals surface area contributed by atoms with Crippen molar-refractivity contribution in [2.24, 2.45) is 5.41 Å². The minimum atomic E-state index is -0.238. The number of likely N-dealkylation sites (tertiary alicyclic amines) is 1. The first-order valence-electron chi connectivity index (χ1n) is 10.8. The Hall–Kier alpha value is -2.45. The third-order valence-electron chi connectivity index (χ3n) is 6.21. The van der Waals surface area contributed by atoms with Crippen LogP contribution in [-0.4, -0.2) is 72.3 Å². The molecule has 8 heteroatoms. The quantitative estimate of drug-likeness (QED) is 0.713. The molecule has 0 atom stereocenters. The lowest BCUT2D eigenvalue weighted by Gasteiger charge is -2.40. The lowest BCUT2D eigenvalue weighted by molar-refractivity contribution is -0.000669.